The Morgan fingerprint density at radius 1 is 0.892 bits per heavy atom. The highest BCUT2D eigenvalue weighted by molar-refractivity contribution is 7.92. The SMILES string of the molecule is Cc1ccc(S(=O)(=O)N(Cc2ccccc2)c2ccc(OCC(=O)Nc3ccc(Cl)cc3Cl)cc2)cc1. The molecule has 0 atom stereocenters. The average Bonchev–Trinajstić information content (AvgIpc) is 2.89. The van der Waals surface area contributed by atoms with Crippen LogP contribution >= 0.6 is 23.2 Å². The van der Waals surface area contributed by atoms with Crippen molar-refractivity contribution in [1.29, 1.82) is 0 Å². The summed E-state index contributed by atoms with van der Waals surface area (Å²) < 4.78 is 34.1. The summed E-state index contributed by atoms with van der Waals surface area (Å²) in [5, 5.41) is 3.45. The Bertz CT molecular complexity index is 1480. The number of nitrogens with one attached hydrogen (secondary N) is 1. The van der Waals surface area contributed by atoms with Gasteiger partial charge in [0.25, 0.3) is 15.9 Å². The first-order valence-corrected chi connectivity index (χ1v) is 13.5. The monoisotopic (exact) mass is 554 g/mol. The zero-order valence-corrected chi connectivity index (χ0v) is 22.2. The highest BCUT2D eigenvalue weighted by Crippen LogP contribution is 2.28. The molecule has 0 aliphatic rings. The van der Waals surface area contributed by atoms with Gasteiger partial charge in [0, 0.05) is 5.02 Å². The summed E-state index contributed by atoms with van der Waals surface area (Å²) in [6.07, 6.45) is 0. The number of halogens is 2. The summed E-state index contributed by atoms with van der Waals surface area (Å²) in [5.41, 5.74) is 2.70. The molecular formula is C28H24Cl2N2O4S. The van der Waals surface area contributed by atoms with Crippen molar-refractivity contribution >= 4 is 50.5 Å². The second-order valence-electron chi connectivity index (χ2n) is 8.27. The molecule has 0 spiro atoms. The van der Waals surface area contributed by atoms with Gasteiger partial charge < -0.3 is 10.1 Å². The van der Waals surface area contributed by atoms with Gasteiger partial charge in [-0.2, -0.15) is 0 Å². The number of carbonyl (C=O) groups is 1. The molecule has 4 aromatic carbocycles. The van der Waals surface area contributed by atoms with Crippen LogP contribution in [0.3, 0.4) is 0 Å². The second-order valence-corrected chi connectivity index (χ2v) is 11.0. The Morgan fingerprint density at radius 3 is 2.22 bits per heavy atom. The van der Waals surface area contributed by atoms with Crippen LogP contribution in [0.25, 0.3) is 0 Å². The van der Waals surface area contributed by atoms with Crippen molar-refractivity contribution in [3.05, 3.63) is 118 Å². The summed E-state index contributed by atoms with van der Waals surface area (Å²) in [6.45, 7) is 1.80. The van der Waals surface area contributed by atoms with Gasteiger partial charge in [-0.25, -0.2) is 8.42 Å². The van der Waals surface area contributed by atoms with Crippen molar-refractivity contribution in [2.45, 2.75) is 18.4 Å². The molecule has 0 aliphatic heterocycles. The molecular weight excluding hydrogens is 531 g/mol. The molecule has 6 nitrogen and oxygen atoms in total. The van der Waals surface area contributed by atoms with Crippen LogP contribution in [-0.2, 0) is 21.4 Å². The Balaban J connectivity index is 1.50. The molecule has 4 aromatic rings. The first kappa shape index (κ1) is 26.5. The lowest BCUT2D eigenvalue weighted by atomic mass is 10.2. The highest BCUT2D eigenvalue weighted by atomic mass is 35.5. The van der Waals surface area contributed by atoms with E-state index in [9.17, 15) is 13.2 Å². The Kier molecular flexibility index (Phi) is 8.38. The molecule has 0 unspecified atom stereocenters. The minimum atomic E-state index is -3.84. The van der Waals surface area contributed by atoms with E-state index in [4.69, 9.17) is 27.9 Å². The van der Waals surface area contributed by atoms with E-state index in [0.717, 1.165) is 11.1 Å². The van der Waals surface area contributed by atoms with Crippen molar-refractivity contribution < 1.29 is 17.9 Å². The minimum Gasteiger partial charge on any atom is -0.484 e. The Morgan fingerprint density at radius 2 is 1.57 bits per heavy atom. The van der Waals surface area contributed by atoms with Gasteiger partial charge in [-0.3, -0.25) is 9.10 Å². The number of ether oxygens (including phenoxy) is 1. The van der Waals surface area contributed by atoms with E-state index in [1.165, 1.54) is 10.4 Å². The lowest BCUT2D eigenvalue weighted by Gasteiger charge is -2.25. The summed E-state index contributed by atoms with van der Waals surface area (Å²) in [6, 6.07) is 27.4. The van der Waals surface area contributed by atoms with Crippen LogP contribution in [-0.4, -0.2) is 20.9 Å². The number of aryl methyl sites for hydroxylation is 1. The van der Waals surface area contributed by atoms with Gasteiger partial charge in [0.1, 0.15) is 5.75 Å². The van der Waals surface area contributed by atoms with E-state index < -0.39 is 15.9 Å². The van der Waals surface area contributed by atoms with Gasteiger partial charge in [0.05, 0.1) is 27.8 Å². The van der Waals surface area contributed by atoms with Crippen molar-refractivity contribution in [3.8, 4) is 5.75 Å². The molecule has 1 amide bonds. The fourth-order valence-electron chi connectivity index (χ4n) is 3.54. The van der Waals surface area contributed by atoms with Crippen LogP contribution in [0.1, 0.15) is 11.1 Å². The third-order valence-electron chi connectivity index (χ3n) is 5.48. The van der Waals surface area contributed by atoms with Crippen molar-refractivity contribution in [2.75, 3.05) is 16.2 Å². The molecule has 190 valence electrons. The number of sulfonamides is 1. The summed E-state index contributed by atoms with van der Waals surface area (Å²) in [4.78, 5) is 12.5. The van der Waals surface area contributed by atoms with Gasteiger partial charge in [-0.05, 0) is 67.1 Å². The summed E-state index contributed by atoms with van der Waals surface area (Å²) in [5.74, 6) is 0.00875. The fraction of sp³-hybridized carbons (Fsp3) is 0.107. The maximum Gasteiger partial charge on any atom is 0.264 e. The molecule has 0 saturated carbocycles. The third kappa shape index (κ3) is 6.83. The van der Waals surface area contributed by atoms with Crippen molar-refractivity contribution in [2.24, 2.45) is 0 Å². The quantitative estimate of drug-likeness (QED) is 0.249. The van der Waals surface area contributed by atoms with Crippen LogP contribution < -0.4 is 14.4 Å². The number of amides is 1. The number of nitrogens with zero attached hydrogens (tertiary/aromatic N) is 1. The van der Waals surface area contributed by atoms with Crippen molar-refractivity contribution in [3.63, 3.8) is 0 Å². The number of rotatable bonds is 9. The molecule has 0 bridgehead atoms. The van der Waals surface area contributed by atoms with Crippen LogP contribution in [0.5, 0.6) is 5.75 Å². The van der Waals surface area contributed by atoms with E-state index in [1.54, 1.807) is 60.7 Å². The minimum absolute atomic E-state index is 0.154. The molecule has 4 rings (SSSR count). The molecule has 0 heterocycles. The predicted molar refractivity (Wildman–Crippen MR) is 148 cm³/mol. The fourth-order valence-corrected chi connectivity index (χ4v) is 5.44. The van der Waals surface area contributed by atoms with Gasteiger partial charge in [0.15, 0.2) is 6.61 Å². The number of anilines is 2. The lowest BCUT2D eigenvalue weighted by Crippen LogP contribution is -2.30. The predicted octanol–water partition coefficient (Wildman–Crippen LogP) is 6.71. The zero-order valence-electron chi connectivity index (χ0n) is 19.9. The van der Waals surface area contributed by atoms with E-state index >= 15 is 0 Å². The second kappa shape index (κ2) is 11.7. The number of benzene rings is 4. The number of hydrogen-bond acceptors (Lipinski definition) is 4. The Labute approximate surface area is 226 Å². The van der Waals surface area contributed by atoms with Crippen LogP contribution in [0, 0.1) is 6.92 Å². The first-order valence-electron chi connectivity index (χ1n) is 11.3. The third-order valence-corrected chi connectivity index (χ3v) is 7.81. The molecule has 9 heteroatoms. The van der Waals surface area contributed by atoms with Crippen LogP contribution in [0.15, 0.2) is 102 Å². The Hall–Kier alpha value is -3.52. The molecule has 0 saturated heterocycles. The molecule has 1 N–H and O–H groups in total. The smallest absolute Gasteiger partial charge is 0.264 e. The maximum absolute atomic E-state index is 13.6. The van der Waals surface area contributed by atoms with Gasteiger partial charge >= 0.3 is 0 Å². The standard InChI is InChI=1S/C28H24Cl2N2O4S/c1-20-7-14-25(15-8-20)37(34,35)32(18-21-5-3-2-4-6-21)23-10-12-24(13-11-23)36-19-28(33)31-27-16-9-22(29)17-26(27)30/h2-17H,18-19H2,1H3,(H,31,33). The molecule has 0 aromatic heterocycles. The normalized spacial score (nSPS) is 11.1. The van der Waals surface area contributed by atoms with E-state index in [2.05, 4.69) is 5.32 Å². The molecule has 0 radical (unpaired) electrons. The van der Waals surface area contributed by atoms with Crippen molar-refractivity contribution in [1.82, 2.24) is 0 Å². The lowest BCUT2D eigenvalue weighted by molar-refractivity contribution is -0.118. The van der Waals surface area contributed by atoms with E-state index in [0.29, 0.717) is 27.2 Å². The van der Waals surface area contributed by atoms with E-state index in [-0.39, 0.29) is 18.0 Å². The summed E-state index contributed by atoms with van der Waals surface area (Å²) >= 11 is 12.0. The maximum atomic E-state index is 13.6. The van der Waals surface area contributed by atoms with Crippen LogP contribution in [0.4, 0.5) is 11.4 Å². The molecule has 0 fully saturated rings. The summed E-state index contributed by atoms with van der Waals surface area (Å²) in [7, 11) is -3.84. The number of hydrogen-bond donors (Lipinski definition) is 1. The molecule has 37 heavy (non-hydrogen) atoms. The first-order chi connectivity index (χ1) is 17.7. The van der Waals surface area contributed by atoms with E-state index in [1.807, 2.05) is 37.3 Å². The van der Waals surface area contributed by atoms with Gasteiger partial charge in [0.2, 0.25) is 0 Å². The largest absolute Gasteiger partial charge is 0.484 e. The van der Waals surface area contributed by atoms with Gasteiger partial charge in [-0.15, -0.1) is 0 Å². The van der Waals surface area contributed by atoms with Gasteiger partial charge in [-0.1, -0.05) is 71.2 Å². The topological polar surface area (TPSA) is 75.7 Å². The van der Waals surface area contributed by atoms with Crippen LogP contribution in [0.2, 0.25) is 10.0 Å². The number of carbonyl (C=O) groups excluding carboxylic acids is 1. The zero-order chi connectivity index (χ0) is 26.4. The molecule has 0 aliphatic carbocycles. The average molecular weight is 555 g/mol. The highest BCUT2D eigenvalue weighted by Gasteiger charge is 2.25.